The zero-order valence-corrected chi connectivity index (χ0v) is 12.2. The summed E-state index contributed by atoms with van der Waals surface area (Å²) in [4.78, 5) is 0. The van der Waals surface area contributed by atoms with E-state index in [-0.39, 0.29) is 25.7 Å². The van der Waals surface area contributed by atoms with Crippen LogP contribution in [0.25, 0.3) is 0 Å². The third-order valence-electron chi connectivity index (χ3n) is 3.85. The van der Waals surface area contributed by atoms with E-state index in [4.69, 9.17) is 9.47 Å². The molecule has 11 heteroatoms. The minimum Gasteiger partial charge on any atom is -0.348 e. The number of alkyl halides is 5. The van der Waals surface area contributed by atoms with E-state index < -0.39 is 39.9 Å². The molecule has 0 radical (unpaired) electrons. The number of ether oxygens (including phenoxy) is 2. The van der Waals surface area contributed by atoms with Crippen molar-refractivity contribution < 1.29 is 44.0 Å². The van der Waals surface area contributed by atoms with Crippen molar-refractivity contribution in [3.8, 4) is 0 Å². The molecule has 1 saturated carbocycles. The number of rotatable bonds is 4. The highest BCUT2D eigenvalue weighted by Crippen LogP contribution is 2.44. The molecule has 0 aromatic rings. The van der Waals surface area contributed by atoms with Crippen LogP contribution < -0.4 is 0 Å². The maximum absolute atomic E-state index is 13.9. The van der Waals surface area contributed by atoms with E-state index >= 15 is 0 Å². The first kappa shape index (κ1) is 17.8. The molecule has 2 fully saturated rings. The van der Waals surface area contributed by atoms with Crippen molar-refractivity contribution in [1.82, 2.24) is 0 Å². The molecule has 2 aliphatic rings. The Morgan fingerprint density at radius 2 is 1.55 bits per heavy atom. The van der Waals surface area contributed by atoms with Gasteiger partial charge >= 0.3 is 15.6 Å². The molecule has 0 aromatic carbocycles. The van der Waals surface area contributed by atoms with Crippen LogP contribution in [0.5, 0.6) is 0 Å². The fourth-order valence-corrected chi connectivity index (χ4v) is 3.05. The molecule has 1 saturated heterocycles. The van der Waals surface area contributed by atoms with Gasteiger partial charge in [-0.3, -0.25) is 4.18 Å². The van der Waals surface area contributed by atoms with Crippen LogP contribution in [-0.4, -0.2) is 45.5 Å². The summed E-state index contributed by atoms with van der Waals surface area (Å²) in [5.74, 6) is -5.85. The van der Waals surface area contributed by atoms with Crippen LogP contribution in [0.3, 0.4) is 0 Å². The number of hydrogen-bond acceptors (Lipinski definition) is 5. The van der Waals surface area contributed by atoms with Gasteiger partial charge in [0, 0.05) is 18.8 Å². The monoisotopic (exact) mass is 354 g/mol. The first-order valence-corrected chi connectivity index (χ1v) is 8.00. The summed E-state index contributed by atoms with van der Waals surface area (Å²) >= 11 is 0. The second-order valence-electron chi connectivity index (χ2n) is 5.30. The molecule has 5 nitrogen and oxygen atoms in total. The Morgan fingerprint density at radius 3 is 2.00 bits per heavy atom. The molecule has 0 unspecified atom stereocenters. The molecule has 0 aromatic heterocycles. The third-order valence-corrected chi connectivity index (χ3v) is 4.84. The average Bonchev–Trinajstić information content (AvgIpc) is 2.84. The minimum absolute atomic E-state index is 0.0531. The molecule has 1 aliphatic carbocycles. The van der Waals surface area contributed by atoms with Gasteiger partial charge in [-0.15, -0.1) is 0 Å². The van der Waals surface area contributed by atoms with Crippen LogP contribution in [0.1, 0.15) is 25.7 Å². The SMILES string of the molecule is O=S(=O)(OCC(F)(F)C1CCC2(CC1)OCCO2)C(F)(F)F. The Bertz CT molecular complexity index is 487. The molecule has 1 spiro atoms. The van der Waals surface area contributed by atoms with Gasteiger partial charge in [0.2, 0.25) is 0 Å². The van der Waals surface area contributed by atoms with Gasteiger partial charge in [-0.05, 0) is 12.8 Å². The fraction of sp³-hybridized carbons (Fsp3) is 1.00. The van der Waals surface area contributed by atoms with Crippen molar-refractivity contribution in [3.63, 3.8) is 0 Å². The second-order valence-corrected chi connectivity index (χ2v) is 6.91. The number of hydrogen-bond donors (Lipinski definition) is 0. The van der Waals surface area contributed by atoms with Gasteiger partial charge in [-0.1, -0.05) is 0 Å². The van der Waals surface area contributed by atoms with Gasteiger partial charge in [0.25, 0.3) is 5.92 Å². The Morgan fingerprint density at radius 1 is 1.05 bits per heavy atom. The Labute approximate surface area is 123 Å². The maximum atomic E-state index is 13.9. The van der Waals surface area contributed by atoms with Crippen molar-refractivity contribution >= 4 is 10.1 Å². The predicted molar refractivity (Wildman–Crippen MR) is 62.5 cm³/mol. The second kappa shape index (κ2) is 5.84. The molecule has 0 bridgehead atoms. The summed E-state index contributed by atoms with van der Waals surface area (Å²) in [6.07, 6.45) is 0.253. The lowest BCUT2D eigenvalue weighted by Crippen LogP contribution is -2.43. The number of halogens is 5. The standard InChI is InChI=1S/C11H15F5O5S/c12-10(13,7-21-22(17,18)11(14,15)16)8-1-3-9(4-2-8)19-5-6-20-9/h8H,1-7H2. The molecule has 0 N–H and O–H groups in total. The van der Waals surface area contributed by atoms with Crippen LogP contribution >= 0.6 is 0 Å². The highest BCUT2D eigenvalue weighted by molar-refractivity contribution is 7.87. The molecule has 0 atom stereocenters. The largest absolute Gasteiger partial charge is 0.523 e. The van der Waals surface area contributed by atoms with Crippen LogP contribution in [0, 0.1) is 5.92 Å². The maximum Gasteiger partial charge on any atom is 0.523 e. The minimum atomic E-state index is -6.02. The van der Waals surface area contributed by atoms with Crippen LogP contribution in [0.2, 0.25) is 0 Å². The summed E-state index contributed by atoms with van der Waals surface area (Å²) in [6.45, 7) is -1.09. The molecule has 0 amide bonds. The third kappa shape index (κ3) is 3.69. The summed E-state index contributed by atoms with van der Waals surface area (Å²) in [6, 6.07) is 0. The molecular weight excluding hydrogens is 339 g/mol. The first-order valence-electron chi connectivity index (χ1n) is 6.59. The summed E-state index contributed by atoms with van der Waals surface area (Å²) < 4.78 is 99.4. The highest BCUT2D eigenvalue weighted by atomic mass is 32.2. The summed E-state index contributed by atoms with van der Waals surface area (Å²) in [5, 5.41) is 0. The average molecular weight is 354 g/mol. The van der Waals surface area contributed by atoms with Crippen LogP contribution in [-0.2, 0) is 23.8 Å². The molecule has 2 rings (SSSR count). The van der Waals surface area contributed by atoms with Crippen molar-refractivity contribution in [2.45, 2.75) is 42.9 Å². The Hall–Kier alpha value is -0.520. The van der Waals surface area contributed by atoms with Gasteiger partial charge in [-0.25, -0.2) is 8.78 Å². The Kier molecular flexibility index (Phi) is 4.73. The summed E-state index contributed by atoms with van der Waals surface area (Å²) in [7, 11) is -6.02. The normalized spacial score (nSPS) is 24.0. The molecule has 1 heterocycles. The van der Waals surface area contributed by atoms with Crippen LogP contribution in [0.15, 0.2) is 0 Å². The predicted octanol–water partition coefficient (Wildman–Crippen LogP) is 2.42. The molecule has 1 aliphatic heterocycles. The zero-order chi connectivity index (χ0) is 16.6. The van der Waals surface area contributed by atoms with Crippen molar-refractivity contribution in [3.05, 3.63) is 0 Å². The van der Waals surface area contributed by atoms with Crippen LogP contribution in [0.4, 0.5) is 22.0 Å². The van der Waals surface area contributed by atoms with Crippen molar-refractivity contribution in [1.29, 1.82) is 0 Å². The van der Waals surface area contributed by atoms with E-state index in [1.54, 1.807) is 0 Å². The highest BCUT2D eigenvalue weighted by Gasteiger charge is 2.52. The zero-order valence-electron chi connectivity index (χ0n) is 11.4. The van der Waals surface area contributed by atoms with E-state index in [0.29, 0.717) is 13.2 Å². The van der Waals surface area contributed by atoms with E-state index in [2.05, 4.69) is 4.18 Å². The molecular formula is C11H15F5O5S. The van der Waals surface area contributed by atoms with Crippen molar-refractivity contribution in [2.75, 3.05) is 19.8 Å². The lowest BCUT2D eigenvalue weighted by molar-refractivity contribution is -0.201. The molecule has 22 heavy (non-hydrogen) atoms. The topological polar surface area (TPSA) is 61.8 Å². The summed E-state index contributed by atoms with van der Waals surface area (Å²) in [5.41, 5.74) is -5.72. The van der Waals surface area contributed by atoms with Gasteiger partial charge in [0.1, 0.15) is 6.61 Å². The lowest BCUT2D eigenvalue weighted by Gasteiger charge is -2.38. The van der Waals surface area contributed by atoms with Gasteiger partial charge in [-0.2, -0.15) is 21.6 Å². The quantitative estimate of drug-likeness (QED) is 0.441. The lowest BCUT2D eigenvalue weighted by atomic mass is 9.81. The fourth-order valence-electron chi connectivity index (χ4n) is 2.61. The van der Waals surface area contributed by atoms with E-state index in [0.717, 1.165) is 0 Å². The van der Waals surface area contributed by atoms with Crippen molar-refractivity contribution in [2.24, 2.45) is 5.92 Å². The van der Waals surface area contributed by atoms with E-state index in [9.17, 15) is 30.4 Å². The van der Waals surface area contributed by atoms with Gasteiger partial charge in [0.05, 0.1) is 13.2 Å². The van der Waals surface area contributed by atoms with Gasteiger partial charge in [0.15, 0.2) is 5.79 Å². The van der Waals surface area contributed by atoms with E-state index in [1.807, 2.05) is 0 Å². The first-order chi connectivity index (χ1) is 9.98. The van der Waals surface area contributed by atoms with Gasteiger partial charge < -0.3 is 9.47 Å². The smallest absolute Gasteiger partial charge is 0.348 e. The molecule has 130 valence electrons. The van der Waals surface area contributed by atoms with E-state index in [1.165, 1.54) is 0 Å². The Balaban J connectivity index is 1.91.